The van der Waals surface area contributed by atoms with Crippen LogP contribution in [-0.4, -0.2) is 43.4 Å². The van der Waals surface area contributed by atoms with E-state index < -0.39 is 24.6 Å². The molecule has 1 atom stereocenters. The first kappa shape index (κ1) is 16.8. The summed E-state index contributed by atoms with van der Waals surface area (Å²) in [7, 11) is 1.23. The van der Waals surface area contributed by atoms with E-state index in [9.17, 15) is 18.4 Å². The van der Waals surface area contributed by atoms with E-state index in [1.54, 1.807) is 0 Å². The Balaban J connectivity index is 2.46. The van der Waals surface area contributed by atoms with E-state index in [4.69, 9.17) is 5.11 Å². The molecule has 1 aromatic carbocycles. The molecule has 0 fully saturated rings. The van der Waals surface area contributed by atoms with Gasteiger partial charge >= 0.3 is 12.6 Å². The van der Waals surface area contributed by atoms with E-state index in [1.165, 1.54) is 31.4 Å². The number of aliphatic carboxylic acids is 1. The highest BCUT2D eigenvalue weighted by Crippen LogP contribution is 2.15. The lowest BCUT2D eigenvalue weighted by Gasteiger charge is -2.11. The number of methoxy groups -OCH3 is 1. The first-order valence-electron chi connectivity index (χ1n) is 5.98. The Morgan fingerprint density at radius 2 is 1.90 bits per heavy atom. The number of carbonyl (C=O) groups is 2. The van der Waals surface area contributed by atoms with Gasteiger partial charge in [-0.3, -0.25) is 4.79 Å². The summed E-state index contributed by atoms with van der Waals surface area (Å²) in [4.78, 5) is 22.3. The third-order valence-electron chi connectivity index (χ3n) is 2.56. The van der Waals surface area contributed by atoms with Crippen molar-refractivity contribution in [3.63, 3.8) is 0 Å². The van der Waals surface area contributed by atoms with Crippen molar-refractivity contribution < 1.29 is 33.0 Å². The maximum absolute atomic E-state index is 12.0. The van der Waals surface area contributed by atoms with Gasteiger partial charge in [-0.2, -0.15) is 8.78 Å². The predicted octanol–water partition coefficient (Wildman–Crippen LogP) is 1.05. The highest BCUT2D eigenvalue weighted by Gasteiger charge is 2.17. The van der Waals surface area contributed by atoms with Crippen LogP contribution < -0.4 is 10.1 Å². The largest absolute Gasteiger partial charge is 0.479 e. The summed E-state index contributed by atoms with van der Waals surface area (Å²) in [5.74, 6) is -1.58. The second kappa shape index (κ2) is 8.15. The molecule has 21 heavy (non-hydrogen) atoms. The molecule has 0 aliphatic carbocycles. The van der Waals surface area contributed by atoms with E-state index in [0.717, 1.165) is 0 Å². The van der Waals surface area contributed by atoms with Crippen molar-refractivity contribution in [3.8, 4) is 5.75 Å². The number of halogens is 2. The van der Waals surface area contributed by atoms with Crippen LogP contribution in [-0.2, 0) is 20.7 Å². The van der Waals surface area contributed by atoms with E-state index in [2.05, 4.69) is 14.8 Å². The van der Waals surface area contributed by atoms with Gasteiger partial charge in [0.2, 0.25) is 5.91 Å². The van der Waals surface area contributed by atoms with Crippen molar-refractivity contribution >= 4 is 11.9 Å². The third-order valence-corrected chi connectivity index (χ3v) is 2.56. The van der Waals surface area contributed by atoms with Crippen LogP contribution in [0.1, 0.15) is 5.56 Å². The van der Waals surface area contributed by atoms with E-state index in [1.807, 2.05) is 0 Å². The third kappa shape index (κ3) is 6.17. The molecule has 1 unspecified atom stereocenters. The maximum atomic E-state index is 12.0. The molecule has 8 heteroatoms. The van der Waals surface area contributed by atoms with Crippen molar-refractivity contribution in [2.75, 3.05) is 13.7 Å². The molecular formula is C13H15F2NO5. The maximum Gasteiger partial charge on any atom is 0.387 e. The standard InChI is InChI=1S/C13H15F2NO5/c1-20-10(12(18)19)7-16-11(17)6-8-2-4-9(5-3-8)21-13(14)15/h2-5,10,13H,6-7H2,1H3,(H,16,17)(H,18,19). The van der Waals surface area contributed by atoms with E-state index >= 15 is 0 Å². The molecule has 0 heterocycles. The second-order valence-electron chi connectivity index (χ2n) is 4.07. The average molecular weight is 303 g/mol. The lowest BCUT2D eigenvalue weighted by atomic mass is 10.1. The molecule has 0 aliphatic heterocycles. The van der Waals surface area contributed by atoms with Crippen molar-refractivity contribution in [2.24, 2.45) is 0 Å². The van der Waals surface area contributed by atoms with Gasteiger partial charge in [0.25, 0.3) is 0 Å². The molecule has 6 nitrogen and oxygen atoms in total. The van der Waals surface area contributed by atoms with Gasteiger partial charge in [0.1, 0.15) is 5.75 Å². The Labute approximate surface area is 119 Å². The Hall–Kier alpha value is -2.22. The molecule has 2 N–H and O–H groups in total. The van der Waals surface area contributed by atoms with Gasteiger partial charge in [-0.05, 0) is 17.7 Å². The number of carbonyl (C=O) groups excluding carboxylic acids is 1. The molecule has 1 aromatic rings. The first-order valence-corrected chi connectivity index (χ1v) is 5.98. The summed E-state index contributed by atoms with van der Waals surface area (Å²) in [5.41, 5.74) is 0.582. The lowest BCUT2D eigenvalue weighted by Crippen LogP contribution is -2.38. The zero-order valence-electron chi connectivity index (χ0n) is 11.2. The number of nitrogens with one attached hydrogen (secondary N) is 1. The number of rotatable bonds is 8. The quantitative estimate of drug-likeness (QED) is 0.750. The van der Waals surface area contributed by atoms with Gasteiger partial charge in [0, 0.05) is 7.11 Å². The monoisotopic (exact) mass is 303 g/mol. The van der Waals surface area contributed by atoms with Crippen LogP contribution in [0.3, 0.4) is 0 Å². The molecular weight excluding hydrogens is 288 g/mol. The van der Waals surface area contributed by atoms with Crippen LogP contribution in [0, 0.1) is 0 Å². The van der Waals surface area contributed by atoms with Crippen LogP contribution in [0.5, 0.6) is 5.75 Å². The number of carboxylic acids is 1. The van der Waals surface area contributed by atoms with E-state index in [-0.39, 0.29) is 18.7 Å². The van der Waals surface area contributed by atoms with Crippen LogP contribution in [0.4, 0.5) is 8.78 Å². The summed E-state index contributed by atoms with van der Waals surface area (Å²) in [6, 6.07) is 5.60. The molecule has 0 spiro atoms. The Morgan fingerprint density at radius 1 is 1.29 bits per heavy atom. The van der Waals surface area contributed by atoms with Crippen LogP contribution in [0.2, 0.25) is 0 Å². The van der Waals surface area contributed by atoms with Crippen LogP contribution in [0.15, 0.2) is 24.3 Å². The zero-order chi connectivity index (χ0) is 15.8. The van der Waals surface area contributed by atoms with Gasteiger partial charge in [-0.1, -0.05) is 12.1 Å². The minimum Gasteiger partial charge on any atom is -0.479 e. The number of amides is 1. The smallest absolute Gasteiger partial charge is 0.387 e. The fraction of sp³-hybridized carbons (Fsp3) is 0.385. The molecule has 116 valence electrons. The molecule has 0 radical (unpaired) electrons. The number of benzene rings is 1. The summed E-state index contributed by atoms with van der Waals surface area (Å²) in [5, 5.41) is 11.1. The molecule has 0 aliphatic rings. The summed E-state index contributed by atoms with van der Waals surface area (Å²) < 4.78 is 32.8. The van der Waals surface area contributed by atoms with Crippen molar-refractivity contribution in [3.05, 3.63) is 29.8 Å². The molecule has 1 amide bonds. The highest BCUT2D eigenvalue weighted by atomic mass is 19.3. The fourth-order valence-electron chi connectivity index (χ4n) is 1.51. The van der Waals surface area contributed by atoms with Gasteiger partial charge in [0.15, 0.2) is 6.10 Å². The van der Waals surface area contributed by atoms with Gasteiger partial charge in [0.05, 0.1) is 13.0 Å². The summed E-state index contributed by atoms with van der Waals surface area (Å²) in [6.07, 6.45) is -1.12. The van der Waals surface area contributed by atoms with Crippen molar-refractivity contribution in [1.82, 2.24) is 5.32 Å². The van der Waals surface area contributed by atoms with Crippen LogP contribution in [0.25, 0.3) is 0 Å². The molecule has 0 bridgehead atoms. The molecule has 0 saturated heterocycles. The number of hydrogen-bond donors (Lipinski definition) is 2. The Kier molecular flexibility index (Phi) is 6.54. The minimum absolute atomic E-state index is 0.000479. The minimum atomic E-state index is -2.90. The average Bonchev–Trinajstić information content (AvgIpc) is 2.40. The van der Waals surface area contributed by atoms with Gasteiger partial charge in [-0.25, -0.2) is 4.79 Å². The normalized spacial score (nSPS) is 12.0. The number of alkyl halides is 2. The number of ether oxygens (including phenoxy) is 2. The lowest BCUT2D eigenvalue weighted by molar-refractivity contribution is -0.148. The molecule has 1 rings (SSSR count). The Morgan fingerprint density at radius 3 is 2.38 bits per heavy atom. The SMILES string of the molecule is COC(CNC(=O)Cc1ccc(OC(F)F)cc1)C(=O)O. The fourth-order valence-corrected chi connectivity index (χ4v) is 1.51. The Bertz CT molecular complexity index is 478. The van der Waals surface area contributed by atoms with Gasteiger partial charge in [-0.15, -0.1) is 0 Å². The summed E-state index contributed by atoms with van der Waals surface area (Å²) >= 11 is 0. The van der Waals surface area contributed by atoms with Crippen LogP contribution >= 0.6 is 0 Å². The molecule has 0 aromatic heterocycles. The van der Waals surface area contributed by atoms with E-state index in [0.29, 0.717) is 5.56 Å². The van der Waals surface area contributed by atoms with Crippen molar-refractivity contribution in [2.45, 2.75) is 19.1 Å². The molecule has 0 saturated carbocycles. The van der Waals surface area contributed by atoms with Gasteiger partial charge < -0.3 is 19.9 Å². The number of carboxylic acid groups (broad SMARTS) is 1. The zero-order valence-corrected chi connectivity index (χ0v) is 11.2. The van der Waals surface area contributed by atoms with Crippen molar-refractivity contribution in [1.29, 1.82) is 0 Å². The highest BCUT2D eigenvalue weighted by molar-refractivity contribution is 5.80. The second-order valence-corrected chi connectivity index (χ2v) is 4.07. The summed E-state index contributed by atoms with van der Waals surface area (Å²) in [6.45, 7) is -3.06. The topological polar surface area (TPSA) is 84.9 Å². The first-order chi connectivity index (χ1) is 9.92. The number of hydrogen-bond acceptors (Lipinski definition) is 4. The predicted molar refractivity (Wildman–Crippen MR) is 68.2 cm³/mol.